The Bertz CT molecular complexity index is 596. The Morgan fingerprint density at radius 3 is 3.08 bits per heavy atom. The maximum absolute atomic E-state index is 11.8. The number of carbonyl (C=O) groups is 1. The van der Waals surface area contributed by atoms with Crippen LogP contribution in [0.25, 0.3) is 0 Å². The minimum absolute atomic E-state index is 0.170. The predicted molar refractivity (Wildman–Crippen MR) is 87.5 cm³/mol. The molecule has 0 bridgehead atoms. The third-order valence-electron chi connectivity index (χ3n) is 6.08. The molecule has 4 unspecified atom stereocenters. The minimum atomic E-state index is -0.228. The average Bonchev–Trinajstić information content (AvgIpc) is 3.19. The molecule has 6 nitrogen and oxygen atoms in total. The zero-order valence-corrected chi connectivity index (χ0v) is 14.2. The fourth-order valence-corrected chi connectivity index (χ4v) is 4.61. The molecule has 6 heteroatoms. The number of ether oxygens (including phenoxy) is 2. The van der Waals surface area contributed by atoms with Gasteiger partial charge in [-0.25, -0.2) is 4.79 Å². The van der Waals surface area contributed by atoms with Gasteiger partial charge in [-0.1, -0.05) is 0 Å². The Hall–Kier alpha value is -1.69. The number of hydrogen-bond acceptors (Lipinski definition) is 5. The topological polar surface area (TPSA) is 64.5 Å². The summed E-state index contributed by atoms with van der Waals surface area (Å²) >= 11 is 0. The molecule has 4 atom stereocenters. The standard InChI is InChI=1S/C18H25N3O3/c1-23-17(22)21-8-2-3-14(21)12-24-15-4-5-18(10-13(18)9-15)16-11-19-6-7-20-16/h6-7,11,13-15H,2-5,8-10,12H2,1H3. The van der Waals surface area contributed by atoms with Gasteiger partial charge in [-0.05, 0) is 44.4 Å². The van der Waals surface area contributed by atoms with E-state index in [0.717, 1.165) is 44.3 Å². The van der Waals surface area contributed by atoms with Crippen LogP contribution in [-0.4, -0.2) is 53.4 Å². The van der Waals surface area contributed by atoms with Crippen LogP contribution in [0.1, 0.15) is 44.2 Å². The van der Waals surface area contributed by atoms with Crippen LogP contribution in [0.5, 0.6) is 0 Å². The molecule has 0 aromatic carbocycles. The summed E-state index contributed by atoms with van der Waals surface area (Å²) in [6.07, 6.45) is 12.1. The first-order valence-electron chi connectivity index (χ1n) is 8.95. The van der Waals surface area contributed by atoms with Crippen molar-refractivity contribution < 1.29 is 14.3 Å². The Kier molecular flexibility index (Phi) is 4.16. The van der Waals surface area contributed by atoms with Gasteiger partial charge >= 0.3 is 6.09 Å². The predicted octanol–water partition coefficient (Wildman–Crippen LogP) is 2.53. The molecule has 24 heavy (non-hydrogen) atoms. The van der Waals surface area contributed by atoms with Gasteiger partial charge in [-0.15, -0.1) is 0 Å². The van der Waals surface area contributed by atoms with E-state index in [1.807, 2.05) is 11.1 Å². The number of rotatable bonds is 4. The maximum atomic E-state index is 11.8. The summed E-state index contributed by atoms with van der Waals surface area (Å²) in [5, 5.41) is 0. The van der Waals surface area contributed by atoms with Crippen molar-refractivity contribution in [3.8, 4) is 0 Å². The molecule has 130 valence electrons. The highest BCUT2D eigenvalue weighted by molar-refractivity contribution is 5.68. The number of amides is 1. The molecule has 0 spiro atoms. The molecule has 3 aliphatic rings. The lowest BCUT2D eigenvalue weighted by Crippen LogP contribution is -2.39. The van der Waals surface area contributed by atoms with Gasteiger partial charge in [-0.2, -0.15) is 0 Å². The van der Waals surface area contributed by atoms with E-state index in [1.54, 1.807) is 12.4 Å². The highest BCUT2D eigenvalue weighted by Crippen LogP contribution is 2.62. The van der Waals surface area contributed by atoms with Crippen molar-refractivity contribution in [2.24, 2.45) is 5.92 Å². The molecule has 1 aromatic heterocycles. The van der Waals surface area contributed by atoms with Crippen LogP contribution in [0.2, 0.25) is 0 Å². The summed E-state index contributed by atoms with van der Waals surface area (Å²) in [5.41, 5.74) is 1.42. The van der Waals surface area contributed by atoms with E-state index in [1.165, 1.54) is 13.5 Å². The molecule has 1 saturated heterocycles. The number of methoxy groups -OCH3 is 1. The Morgan fingerprint density at radius 2 is 2.33 bits per heavy atom. The second kappa shape index (κ2) is 6.31. The lowest BCUT2D eigenvalue weighted by molar-refractivity contribution is -0.00399. The van der Waals surface area contributed by atoms with Gasteiger partial charge in [0.1, 0.15) is 0 Å². The summed E-state index contributed by atoms with van der Waals surface area (Å²) in [7, 11) is 1.44. The van der Waals surface area contributed by atoms with Crippen molar-refractivity contribution in [1.82, 2.24) is 14.9 Å². The van der Waals surface area contributed by atoms with Crippen molar-refractivity contribution in [3.63, 3.8) is 0 Å². The second-order valence-corrected chi connectivity index (χ2v) is 7.34. The Balaban J connectivity index is 1.29. The molecule has 4 rings (SSSR count). The number of fused-ring (bicyclic) bond motifs is 1. The Labute approximate surface area is 142 Å². The fraction of sp³-hybridized carbons (Fsp3) is 0.722. The first-order valence-corrected chi connectivity index (χ1v) is 8.95. The van der Waals surface area contributed by atoms with Crippen LogP contribution in [-0.2, 0) is 14.9 Å². The zero-order valence-electron chi connectivity index (χ0n) is 14.2. The molecule has 1 amide bonds. The first kappa shape index (κ1) is 15.8. The average molecular weight is 331 g/mol. The minimum Gasteiger partial charge on any atom is -0.453 e. The van der Waals surface area contributed by atoms with Crippen LogP contribution >= 0.6 is 0 Å². The monoisotopic (exact) mass is 331 g/mol. The molecule has 0 N–H and O–H groups in total. The van der Waals surface area contributed by atoms with E-state index in [4.69, 9.17) is 9.47 Å². The molecule has 1 aromatic rings. The number of hydrogen-bond donors (Lipinski definition) is 0. The fourth-order valence-electron chi connectivity index (χ4n) is 4.61. The van der Waals surface area contributed by atoms with Gasteiger partial charge in [0.25, 0.3) is 0 Å². The maximum Gasteiger partial charge on any atom is 0.409 e. The smallest absolute Gasteiger partial charge is 0.409 e. The molecule has 2 saturated carbocycles. The van der Waals surface area contributed by atoms with E-state index in [9.17, 15) is 4.79 Å². The normalized spacial score (nSPS) is 34.7. The van der Waals surface area contributed by atoms with Crippen LogP contribution in [0.3, 0.4) is 0 Å². The van der Waals surface area contributed by atoms with Crippen molar-refractivity contribution in [3.05, 3.63) is 24.3 Å². The van der Waals surface area contributed by atoms with Crippen LogP contribution < -0.4 is 0 Å². The quantitative estimate of drug-likeness (QED) is 0.848. The lowest BCUT2D eigenvalue weighted by atomic mass is 9.84. The van der Waals surface area contributed by atoms with Crippen molar-refractivity contribution in [1.29, 1.82) is 0 Å². The summed E-state index contributed by atoms with van der Waals surface area (Å²) in [5.74, 6) is 0.674. The van der Waals surface area contributed by atoms with E-state index in [2.05, 4.69) is 9.97 Å². The number of nitrogens with zero attached hydrogens (tertiary/aromatic N) is 3. The van der Waals surface area contributed by atoms with Gasteiger partial charge in [0, 0.05) is 30.6 Å². The zero-order chi connectivity index (χ0) is 16.6. The van der Waals surface area contributed by atoms with Gasteiger partial charge in [0.05, 0.1) is 31.6 Å². The van der Waals surface area contributed by atoms with Crippen LogP contribution in [0, 0.1) is 5.92 Å². The molecule has 2 aliphatic carbocycles. The van der Waals surface area contributed by atoms with E-state index in [-0.39, 0.29) is 17.6 Å². The third kappa shape index (κ3) is 2.77. The number of carbonyl (C=O) groups excluding carboxylic acids is 1. The first-order chi connectivity index (χ1) is 11.7. The largest absolute Gasteiger partial charge is 0.453 e. The van der Waals surface area contributed by atoms with E-state index in [0.29, 0.717) is 18.6 Å². The molecular weight excluding hydrogens is 306 g/mol. The summed E-state index contributed by atoms with van der Waals surface area (Å²) < 4.78 is 11.0. The van der Waals surface area contributed by atoms with Crippen molar-refractivity contribution >= 4 is 6.09 Å². The highest BCUT2D eigenvalue weighted by Gasteiger charge is 2.59. The second-order valence-electron chi connectivity index (χ2n) is 7.34. The lowest BCUT2D eigenvalue weighted by Gasteiger charge is -2.30. The van der Waals surface area contributed by atoms with Crippen LogP contribution in [0.15, 0.2) is 18.6 Å². The summed E-state index contributed by atoms with van der Waals surface area (Å²) in [6.45, 7) is 1.41. The van der Waals surface area contributed by atoms with Crippen LogP contribution in [0.4, 0.5) is 4.79 Å². The third-order valence-corrected chi connectivity index (χ3v) is 6.08. The summed E-state index contributed by atoms with van der Waals surface area (Å²) in [6, 6.07) is 0.170. The number of likely N-dealkylation sites (tertiary alicyclic amines) is 1. The van der Waals surface area contributed by atoms with Gasteiger partial charge in [0.15, 0.2) is 0 Å². The molecule has 2 heterocycles. The molecule has 3 fully saturated rings. The number of aromatic nitrogens is 2. The molecule has 0 radical (unpaired) electrons. The van der Waals surface area contributed by atoms with E-state index >= 15 is 0 Å². The molecule has 1 aliphatic heterocycles. The molecular formula is C18H25N3O3. The SMILES string of the molecule is COC(=O)N1CCCC1COC1CCC2(c3cnccn3)CC2C1. The van der Waals surface area contributed by atoms with E-state index < -0.39 is 0 Å². The van der Waals surface area contributed by atoms with Gasteiger partial charge < -0.3 is 14.4 Å². The summed E-state index contributed by atoms with van der Waals surface area (Å²) in [4.78, 5) is 22.3. The van der Waals surface area contributed by atoms with Gasteiger partial charge in [-0.3, -0.25) is 9.97 Å². The van der Waals surface area contributed by atoms with Crippen molar-refractivity contribution in [2.75, 3.05) is 20.3 Å². The highest BCUT2D eigenvalue weighted by atomic mass is 16.5. The van der Waals surface area contributed by atoms with Gasteiger partial charge in [0.2, 0.25) is 0 Å². The Morgan fingerprint density at radius 1 is 1.42 bits per heavy atom. The van der Waals surface area contributed by atoms with Crippen molar-refractivity contribution in [2.45, 2.75) is 56.1 Å².